The molecule has 0 saturated heterocycles. The number of halogens is 1. The van der Waals surface area contributed by atoms with E-state index in [-0.39, 0.29) is 0 Å². The van der Waals surface area contributed by atoms with Gasteiger partial charge < -0.3 is 0 Å². The predicted octanol–water partition coefficient (Wildman–Crippen LogP) is 1.56. The smallest absolute Gasteiger partial charge is 0.153 e. The van der Waals surface area contributed by atoms with Gasteiger partial charge in [0.25, 0.3) is 0 Å². The number of nitrogens with zero attached hydrogens (tertiary/aromatic N) is 1. The van der Waals surface area contributed by atoms with Gasteiger partial charge in [-0.3, -0.25) is 4.79 Å². The molecule has 0 bridgehead atoms. The van der Waals surface area contributed by atoms with Gasteiger partial charge in [0.1, 0.15) is 3.70 Å². The molecule has 0 radical (unpaired) electrons. The van der Waals surface area contributed by atoms with Gasteiger partial charge in [-0.05, 0) is 34.1 Å². The molecule has 0 spiro atoms. The molecular formula is C4H2INOS. The van der Waals surface area contributed by atoms with E-state index in [2.05, 4.69) is 4.37 Å². The number of carbonyl (C=O) groups excluding carboxylic acids is 1. The highest BCUT2D eigenvalue weighted by molar-refractivity contribution is 14.1. The topological polar surface area (TPSA) is 30.0 Å². The minimum Gasteiger partial charge on any atom is -0.298 e. The van der Waals surface area contributed by atoms with Crippen LogP contribution in [-0.4, -0.2) is 10.7 Å². The van der Waals surface area contributed by atoms with E-state index in [1.807, 2.05) is 22.6 Å². The standard InChI is InChI=1S/C4H2INOS/c5-4-3(1-7)2-8-6-4/h1-2H. The zero-order valence-corrected chi connectivity index (χ0v) is 6.77. The maximum absolute atomic E-state index is 10.1. The summed E-state index contributed by atoms with van der Waals surface area (Å²) in [5, 5.41) is 1.73. The molecule has 0 atom stereocenters. The van der Waals surface area contributed by atoms with Crippen LogP contribution in [0.3, 0.4) is 0 Å². The van der Waals surface area contributed by atoms with E-state index >= 15 is 0 Å². The lowest BCUT2D eigenvalue weighted by molar-refractivity contribution is 0.112. The summed E-state index contributed by atoms with van der Waals surface area (Å²) in [6.45, 7) is 0. The Balaban J connectivity index is 3.09. The van der Waals surface area contributed by atoms with E-state index in [1.165, 1.54) is 11.5 Å². The first-order valence-corrected chi connectivity index (χ1v) is 3.81. The van der Waals surface area contributed by atoms with Gasteiger partial charge in [0, 0.05) is 5.38 Å². The Morgan fingerprint density at radius 2 is 2.62 bits per heavy atom. The molecule has 0 aliphatic rings. The fourth-order valence-corrected chi connectivity index (χ4v) is 1.67. The van der Waals surface area contributed by atoms with Gasteiger partial charge in [0.05, 0.1) is 5.56 Å². The molecule has 0 fully saturated rings. The lowest BCUT2D eigenvalue weighted by atomic mass is 10.4. The Hall–Kier alpha value is 0.0300. The van der Waals surface area contributed by atoms with E-state index in [1.54, 1.807) is 5.38 Å². The largest absolute Gasteiger partial charge is 0.298 e. The van der Waals surface area contributed by atoms with E-state index < -0.39 is 0 Å². The third kappa shape index (κ3) is 1.05. The first-order valence-electron chi connectivity index (χ1n) is 1.89. The van der Waals surface area contributed by atoms with Crippen molar-refractivity contribution >= 4 is 40.4 Å². The van der Waals surface area contributed by atoms with Crippen LogP contribution in [0.1, 0.15) is 10.4 Å². The summed E-state index contributed by atoms with van der Waals surface area (Å²) in [6.07, 6.45) is 0.811. The predicted molar refractivity (Wildman–Crippen MR) is 40.2 cm³/mol. The summed E-state index contributed by atoms with van der Waals surface area (Å²) in [5.74, 6) is 0. The maximum Gasteiger partial charge on any atom is 0.153 e. The van der Waals surface area contributed by atoms with Gasteiger partial charge in [-0.15, -0.1) is 0 Å². The maximum atomic E-state index is 10.1. The van der Waals surface area contributed by atoms with Crippen LogP contribution in [0.15, 0.2) is 5.38 Å². The molecule has 0 amide bonds. The summed E-state index contributed by atoms with van der Waals surface area (Å²) in [5.41, 5.74) is 0.690. The van der Waals surface area contributed by atoms with Crippen LogP contribution in [-0.2, 0) is 0 Å². The second-order valence-corrected chi connectivity index (χ2v) is 2.83. The fourth-order valence-electron chi connectivity index (χ4n) is 0.307. The first-order chi connectivity index (χ1) is 3.84. The minimum atomic E-state index is 0.690. The molecule has 1 aromatic rings. The first kappa shape index (κ1) is 6.15. The monoisotopic (exact) mass is 239 g/mol. The highest BCUT2D eigenvalue weighted by atomic mass is 127. The SMILES string of the molecule is O=Cc1csnc1I. The second kappa shape index (κ2) is 2.54. The van der Waals surface area contributed by atoms with Crippen LogP contribution in [0.2, 0.25) is 0 Å². The van der Waals surface area contributed by atoms with Crippen molar-refractivity contribution in [2.75, 3.05) is 0 Å². The van der Waals surface area contributed by atoms with Crippen molar-refractivity contribution in [2.24, 2.45) is 0 Å². The Bertz CT molecular complexity index is 198. The Morgan fingerprint density at radius 1 is 1.88 bits per heavy atom. The normalized spacial score (nSPS) is 9.12. The number of carbonyl (C=O) groups is 1. The molecule has 42 valence electrons. The number of aldehydes is 1. The quantitative estimate of drug-likeness (QED) is 0.549. The van der Waals surface area contributed by atoms with Crippen molar-refractivity contribution in [1.82, 2.24) is 4.37 Å². The van der Waals surface area contributed by atoms with E-state index in [0.717, 1.165) is 9.99 Å². The molecule has 1 rings (SSSR count). The summed E-state index contributed by atoms with van der Waals surface area (Å²) in [7, 11) is 0. The highest BCUT2D eigenvalue weighted by Crippen LogP contribution is 2.09. The molecule has 0 saturated carbocycles. The van der Waals surface area contributed by atoms with Crippen molar-refractivity contribution in [3.05, 3.63) is 14.6 Å². The van der Waals surface area contributed by atoms with Crippen LogP contribution in [0, 0.1) is 3.70 Å². The molecular weight excluding hydrogens is 237 g/mol. The zero-order valence-electron chi connectivity index (χ0n) is 3.80. The van der Waals surface area contributed by atoms with Crippen LogP contribution in [0.4, 0.5) is 0 Å². The van der Waals surface area contributed by atoms with Crippen molar-refractivity contribution < 1.29 is 4.79 Å². The molecule has 0 unspecified atom stereocenters. The molecule has 0 aromatic carbocycles. The summed E-state index contributed by atoms with van der Waals surface area (Å²) in [6, 6.07) is 0. The zero-order chi connectivity index (χ0) is 5.98. The van der Waals surface area contributed by atoms with E-state index in [9.17, 15) is 4.79 Å². The molecule has 2 nitrogen and oxygen atoms in total. The second-order valence-electron chi connectivity index (χ2n) is 1.18. The molecule has 0 aliphatic carbocycles. The van der Waals surface area contributed by atoms with Crippen LogP contribution >= 0.6 is 34.1 Å². The lowest BCUT2D eigenvalue weighted by Gasteiger charge is -1.74. The molecule has 1 aromatic heterocycles. The Labute approximate surface area is 64.2 Å². The average Bonchev–Trinajstić information content (AvgIpc) is 2.14. The summed E-state index contributed by atoms with van der Waals surface area (Å²) >= 11 is 3.33. The van der Waals surface area contributed by atoms with Crippen molar-refractivity contribution in [1.29, 1.82) is 0 Å². The molecule has 0 aliphatic heterocycles. The molecule has 0 N–H and O–H groups in total. The fraction of sp³-hybridized carbons (Fsp3) is 0. The Kier molecular flexibility index (Phi) is 1.95. The van der Waals surface area contributed by atoms with Crippen molar-refractivity contribution in [2.45, 2.75) is 0 Å². The number of aromatic nitrogens is 1. The minimum absolute atomic E-state index is 0.690. The van der Waals surface area contributed by atoms with E-state index in [4.69, 9.17) is 0 Å². The van der Waals surface area contributed by atoms with Crippen LogP contribution in [0.25, 0.3) is 0 Å². The van der Waals surface area contributed by atoms with Crippen molar-refractivity contribution in [3.8, 4) is 0 Å². The van der Waals surface area contributed by atoms with Crippen LogP contribution in [0.5, 0.6) is 0 Å². The highest BCUT2D eigenvalue weighted by Gasteiger charge is 1.97. The molecule has 1 heterocycles. The Morgan fingerprint density at radius 3 is 2.88 bits per heavy atom. The lowest BCUT2D eigenvalue weighted by Crippen LogP contribution is -1.76. The summed E-state index contributed by atoms with van der Waals surface area (Å²) < 4.78 is 4.68. The number of rotatable bonds is 1. The van der Waals surface area contributed by atoms with Gasteiger partial charge in [-0.1, -0.05) is 0 Å². The third-order valence-corrected chi connectivity index (χ3v) is 2.52. The molecule has 8 heavy (non-hydrogen) atoms. The van der Waals surface area contributed by atoms with Crippen LogP contribution < -0.4 is 0 Å². The summed E-state index contributed by atoms with van der Waals surface area (Å²) in [4.78, 5) is 10.1. The number of hydrogen-bond acceptors (Lipinski definition) is 3. The van der Waals surface area contributed by atoms with Gasteiger partial charge in [0.2, 0.25) is 0 Å². The third-order valence-electron chi connectivity index (χ3n) is 0.678. The van der Waals surface area contributed by atoms with Crippen molar-refractivity contribution in [3.63, 3.8) is 0 Å². The molecule has 4 heteroatoms. The van der Waals surface area contributed by atoms with Gasteiger partial charge in [0.15, 0.2) is 6.29 Å². The van der Waals surface area contributed by atoms with Gasteiger partial charge >= 0.3 is 0 Å². The van der Waals surface area contributed by atoms with E-state index in [0.29, 0.717) is 5.56 Å². The number of hydrogen-bond donors (Lipinski definition) is 0. The van der Waals surface area contributed by atoms with Gasteiger partial charge in [-0.2, -0.15) is 4.37 Å². The average molecular weight is 239 g/mol. The van der Waals surface area contributed by atoms with Gasteiger partial charge in [-0.25, -0.2) is 0 Å².